The molecule has 0 aliphatic heterocycles. The van der Waals surface area contributed by atoms with Crippen LogP contribution < -0.4 is 14.8 Å². The highest BCUT2D eigenvalue weighted by Gasteiger charge is 2.10. The zero-order valence-electron chi connectivity index (χ0n) is 18.3. The Hall–Kier alpha value is -4.39. The largest absolute Gasteiger partial charge is 0.493 e. The highest BCUT2D eigenvalue weighted by molar-refractivity contribution is 6.06. The number of rotatable bonds is 7. The maximum absolute atomic E-state index is 12.6. The first-order chi connectivity index (χ1) is 16.0. The van der Waals surface area contributed by atoms with Crippen molar-refractivity contribution in [2.24, 2.45) is 0 Å². The second-order valence-electron chi connectivity index (χ2n) is 7.38. The van der Waals surface area contributed by atoms with Gasteiger partial charge in [-0.1, -0.05) is 48.5 Å². The molecule has 33 heavy (non-hydrogen) atoms. The van der Waals surface area contributed by atoms with Crippen LogP contribution in [0.2, 0.25) is 0 Å². The molecule has 0 bridgehead atoms. The first-order valence-corrected chi connectivity index (χ1v) is 10.4. The number of carbonyl (C=O) groups excluding carboxylic acids is 2. The van der Waals surface area contributed by atoms with Crippen LogP contribution in [0.4, 0.5) is 5.69 Å². The summed E-state index contributed by atoms with van der Waals surface area (Å²) in [6, 6.07) is 20.8. The van der Waals surface area contributed by atoms with Crippen LogP contribution in [0.1, 0.15) is 18.1 Å². The Balaban J connectivity index is 1.50. The minimum Gasteiger partial charge on any atom is -0.493 e. The smallest absolute Gasteiger partial charge is 0.308 e. The standard InChI is InChI=1S/C26H23N3O4/c1-18(30)33-24-15-19(11-13-23(24)32-2)12-14-25(31)27-22-10-6-9-21-17-29(28-26(21)22)16-20-7-4-3-5-8-20/h3-15,17H,16H2,1-2H3,(H,27,31)/b14-12+. The van der Waals surface area contributed by atoms with Gasteiger partial charge in [0.1, 0.15) is 5.52 Å². The van der Waals surface area contributed by atoms with Gasteiger partial charge in [0.05, 0.1) is 19.3 Å². The molecule has 1 heterocycles. The van der Waals surface area contributed by atoms with E-state index in [1.165, 1.54) is 20.1 Å². The highest BCUT2D eigenvalue weighted by atomic mass is 16.6. The fourth-order valence-corrected chi connectivity index (χ4v) is 3.43. The number of anilines is 1. The number of carbonyl (C=O) groups is 2. The summed E-state index contributed by atoms with van der Waals surface area (Å²) in [4.78, 5) is 23.9. The number of methoxy groups -OCH3 is 1. The van der Waals surface area contributed by atoms with Crippen LogP contribution >= 0.6 is 0 Å². The van der Waals surface area contributed by atoms with Gasteiger partial charge in [0.2, 0.25) is 5.91 Å². The van der Waals surface area contributed by atoms with Crippen LogP contribution in [0.3, 0.4) is 0 Å². The number of aromatic nitrogens is 2. The van der Waals surface area contributed by atoms with Crippen LogP contribution in [-0.2, 0) is 16.1 Å². The average molecular weight is 441 g/mol. The Labute approximate surface area is 191 Å². The Bertz CT molecular complexity index is 1330. The molecule has 0 unspecified atom stereocenters. The number of nitrogens with one attached hydrogen (secondary N) is 1. The highest BCUT2D eigenvalue weighted by Crippen LogP contribution is 2.29. The summed E-state index contributed by atoms with van der Waals surface area (Å²) in [6.07, 6.45) is 5.01. The van der Waals surface area contributed by atoms with Crippen molar-refractivity contribution in [3.05, 3.63) is 90.1 Å². The van der Waals surface area contributed by atoms with E-state index in [1.807, 2.05) is 59.4 Å². The fraction of sp³-hybridized carbons (Fsp3) is 0.115. The monoisotopic (exact) mass is 441 g/mol. The molecule has 0 aliphatic carbocycles. The quantitative estimate of drug-likeness (QED) is 0.256. The van der Waals surface area contributed by atoms with Crippen LogP contribution in [-0.4, -0.2) is 28.8 Å². The number of amides is 1. The molecular weight excluding hydrogens is 418 g/mol. The predicted molar refractivity (Wildman–Crippen MR) is 127 cm³/mol. The molecule has 0 aliphatic rings. The van der Waals surface area contributed by atoms with Crippen LogP contribution in [0.25, 0.3) is 17.0 Å². The van der Waals surface area contributed by atoms with E-state index in [0.717, 1.165) is 16.5 Å². The van der Waals surface area contributed by atoms with Crippen molar-refractivity contribution >= 4 is 34.5 Å². The molecule has 1 aromatic heterocycles. The van der Waals surface area contributed by atoms with Crippen LogP contribution in [0.5, 0.6) is 11.5 Å². The molecule has 0 saturated carbocycles. The summed E-state index contributed by atoms with van der Waals surface area (Å²) < 4.78 is 12.2. The van der Waals surface area contributed by atoms with Crippen molar-refractivity contribution in [1.29, 1.82) is 0 Å². The molecule has 4 aromatic rings. The number of esters is 1. The van der Waals surface area contributed by atoms with Crippen molar-refractivity contribution in [2.75, 3.05) is 12.4 Å². The fourth-order valence-electron chi connectivity index (χ4n) is 3.43. The molecule has 4 rings (SSSR count). The summed E-state index contributed by atoms with van der Waals surface area (Å²) in [5.74, 6) is -0.0252. The Morgan fingerprint density at radius 3 is 2.61 bits per heavy atom. The zero-order valence-corrected chi connectivity index (χ0v) is 18.3. The lowest BCUT2D eigenvalue weighted by atomic mass is 10.2. The van der Waals surface area contributed by atoms with E-state index in [0.29, 0.717) is 29.3 Å². The summed E-state index contributed by atoms with van der Waals surface area (Å²) in [5.41, 5.74) is 3.18. The molecular formula is C26H23N3O4. The number of fused-ring (bicyclic) bond motifs is 1. The lowest BCUT2D eigenvalue weighted by Gasteiger charge is -2.08. The molecule has 1 N–H and O–H groups in total. The zero-order chi connectivity index (χ0) is 23.2. The lowest BCUT2D eigenvalue weighted by molar-refractivity contribution is -0.132. The number of hydrogen-bond donors (Lipinski definition) is 1. The molecule has 1 amide bonds. The van der Waals surface area contributed by atoms with Crippen molar-refractivity contribution in [3.8, 4) is 11.5 Å². The molecule has 3 aromatic carbocycles. The van der Waals surface area contributed by atoms with Gasteiger partial charge in [0.25, 0.3) is 0 Å². The van der Waals surface area contributed by atoms with E-state index in [2.05, 4.69) is 10.4 Å². The van der Waals surface area contributed by atoms with Crippen molar-refractivity contribution < 1.29 is 19.1 Å². The second kappa shape index (κ2) is 9.82. The molecule has 166 valence electrons. The lowest BCUT2D eigenvalue weighted by Crippen LogP contribution is -2.08. The van der Waals surface area contributed by atoms with Crippen molar-refractivity contribution in [1.82, 2.24) is 9.78 Å². The first kappa shape index (κ1) is 21.8. The van der Waals surface area contributed by atoms with Crippen molar-refractivity contribution in [3.63, 3.8) is 0 Å². The Kier molecular flexibility index (Phi) is 6.50. The van der Waals surface area contributed by atoms with E-state index in [4.69, 9.17) is 9.47 Å². The number of hydrogen-bond acceptors (Lipinski definition) is 5. The molecule has 7 nitrogen and oxygen atoms in total. The second-order valence-corrected chi connectivity index (χ2v) is 7.38. The van der Waals surface area contributed by atoms with E-state index < -0.39 is 5.97 Å². The molecule has 0 fully saturated rings. The topological polar surface area (TPSA) is 82.4 Å². The first-order valence-electron chi connectivity index (χ1n) is 10.4. The van der Waals surface area contributed by atoms with Crippen LogP contribution in [0.15, 0.2) is 79.0 Å². The SMILES string of the molecule is COc1ccc(/C=C/C(=O)Nc2cccc3cn(Cc4ccccc4)nc23)cc1OC(C)=O. The molecule has 0 atom stereocenters. The number of benzene rings is 3. The number of nitrogens with zero attached hydrogens (tertiary/aromatic N) is 2. The summed E-state index contributed by atoms with van der Waals surface area (Å²) in [7, 11) is 1.49. The third-order valence-electron chi connectivity index (χ3n) is 4.90. The van der Waals surface area contributed by atoms with Gasteiger partial charge >= 0.3 is 5.97 Å². The molecule has 0 saturated heterocycles. The van der Waals surface area contributed by atoms with Gasteiger partial charge in [-0.25, -0.2) is 0 Å². The Morgan fingerprint density at radius 2 is 1.85 bits per heavy atom. The van der Waals surface area contributed by atoms with Crippen LogP contribution in [0, 0.1) is 0 Å². The van der Waals surface area contributed by atoms with E-state index in [-0.39, 0.29) is 5.91 Å². The maximum atomic E-state index is 12.6. The van der Waals surface area contributed by atoms with Gasteiger partial charge in [-0.3, -0.25) is 14.3 Å². The molecule has 7 heteroatoms. The molecule has 0 spiro atoms. The molecule has 0 radical (unpaired) electrons. The Morgan fingerprint density at radius 1 is 1.03 bits per heavy atom. The minimum absolute atomic E-state index is 0.293. The summed E-state index contributed by atoms with van der Waals surface area (Å²) in [5, 5.41) is 8.48. The maximum Gasteiger partial charge on any atom is 0.308 e. The average Bonchev–Trinajstić information content (AvgIpc) is 3.21. The third-order valence-corrected chi connectivity index (χ3v) is 4.90. The van der Waals surface area contributed by atoms with E-state index >= 15 is 0 Å². The third kappa shape index (κ3) is 5.46. The normalized spacial score (nSPS) is 11.0. The minimum atomic E-state index is -0.452. The van der Waals surface area contributed by atoms with E-state index in [9.17, 15) is 9.59 Å². The van der Waals surface area contributed by atoms with Gasteiger partial charge in [0, 0.05) is 24.6 Å². The summed E-state index contributed by atoms with van der Waals surface area (Å²) in [6.45, 7) is 1.96. The van der Waals surface area contributed by atoms with Gasteiger partial charge < -0.3 is 14.8 Å². The van der Waals surface area contributed by atoms with E-state index in [1.54, 1.807) is 24.3 Å². The summed E-state index contributed by atoms with van der Waals surface area (Å²) >= 11 is 0. The van der Waals surface area contributed by atoms with Gasteiger partial charge in [-0.2, -0.15) is 5.10 Å². The number of ether oxygens (including phenoxy) is 2. The van der Waals surface area contributed by atoms with Crippen molar-refractivity contribution in [2.45, 2.75) is 13.5 Å². The predicted octanol–water partition coefficient (Wildman–Crippen LogP) is 4.67. The van der Waals surface area contributed by atoms with Gasteiger partial charge in [-0.05, 0) is 35.4 Å². The van der Waals surface area contributed by atoms with Gasteiger partial charge in [-0.15, -0.1) is 0 Å². The van der Waals surface area contributed by atoms with Gasteiger partial charge in [0.15, 0.2) is 11.5 Å².